The third-order valence-electron chi connectivity index (χ3n) is 2.37. The highest BCUT2D eigenvalue weighted by Crippen LogP contribution is 2.12. The van der Waals surface area contributed by atoms with E-state index in [2.05, 4.69) is 10.1 Å². The predicted molar refractivity (Wildman–Crippen MR) is 60.3 cm³/mol. The van der Waals surface area contributed by atoms with Crippen LogP contribution in [0.15, 0.2) is 21.7 Å². The molecular weight excluding hydrogens is 222 g/mol. The number of hydrogen-bond acceptors (Lipinski definition) is 5. The summed E-state index contributed by atoms with van der Waals surface area (Å²) in [7, 11) is 1.68. The van der Waals surface area contributed by atoms with Gasteiger partial charge in [-0.05, 0) is 13.8 Å². The molecule has 0 aliphatic rings. The zero-order chi connectivity index (χ0) is 12.6. The Morgan fingerprint density at radius 2 is 2.18 bits per heavy atom. The summed E-state index contributed by atoms with van der Waals surface area (Å²) in [5.74, 6) is 0.795. The number of rotatable bonds is 3. The summed E-state index contributed by atoms with van der Waals surface area (Å²) in [5.41, 5.74) is 5.06. The van der Waals surface area contributed by atoms with Crippen molar-refractivity contribution in [2.24, 2.45) is 12.8 Å². The van der Waals surface area contributed by atoms with Crippen molar-refractivity contribution in [2.45, 2.75) is 25.9 Å². The maximum absolute atomic E-state index is 11.6. The highest BCUT2D eigenvalue weighted by Gasteiger charge is 2.21. The summed E-state index contributed by atoms with van der Waals surface area (Å²) in [6, 6.07) is 0. The van der Waals surface area contributed by atoms with Crippen LogP contribution in [0.1, 0.15) is 25.6 Å². The largest absolute Gasteiger partial charge is 0.337 e. The molecule has 2 aromatic heterocycles. The summed E-state index contributed by atoms with van der Waals surface area (Å²) in [4.78, 5) is 15.7. The fraction of sp³-hybridized carbons (Fsp3) is 0.500. The summed E-state index contributed by atoms with van der Waals surface area (Å²) >= 11 is 0. The van der Waals surface area contributed by atoms with Crippen LogP contribution < -0.4 is 11.4 Å². The number of nitrogens with zero attached hydrogens (tertiary/aromatic N) is 4. The number of aryl methyl sites for hydroxylation is 1. The van der Waals surface area contributed by atoms with Gasteiger partial charge in [-0.3, -0.25) is 4.57 Å². The molecule has 0 aliphatic heterocycles. The average Bonchev–Trinajstić information content (AvgIpc) is 2.80. The van der Waals surface area contributed by atoms with E-state index < -0.39 is 5.54 Å². The van der Waals surface area contributed by atoms with Crippen molar-refractivity contribution in [3.8, 4) is 0 Å². The lowest BCUT2D eigenvalue weighted by atomic mass is 10.1. The van der Waals surface area contributed by atoms with Gasteiger partial charge in [-0.1, -0.05) is 5.16 Å². The normalized spacial score (nSPS) is 12.0. The van der Waals surface area contributed by atoms with E-state index in [0.29, 0.717) is 11.7 Å². The fourth-order valence-electron chi connectivity index (χ4n) is 1.36. The summed E-state index contributed by atoms with van der Waals surface area (Å²) < 4.78 is 8.01. The topological polar surface area (TPSA) is 91.9 Å². The second-order valence-electron chi connectivity index (χ2n) is 4.55. The van der Waals surface area contributed by atoms with Gasteiger partial charge in [0.05, 0.1) is 5.54 Å². The van der Waals surface area contributed by atoms with Gasteiger partial charge in [-0.15, -0.1) is 0 Å². The van der Waals surface area contributed by atoms with Crippen molar-refractivity contribution < 1.29 is 4.52 Å². The fourth-order valence-corrected chi connectivity index (χ4v) is 1.36. The maximum Gasteiger partial charge on any atom is 0.328 e. The van der Waals surface area contributed by atoms with Crippen molar-refractivity contribution in [1.29, 1.82) is 0 Å². The Morgan fingerprint density at radius 1 is 1.47 bits per heavy atom. The first kappa shape index (κ1) is 11.6. The van der Waals surface area contributed by atoms with E-state index in [1.165, 1.54) is 9.13 Å². The Hall–Kier alpha value is -1.89. The monoisotopic (exact) mass is 237 g/mol. The summed E-state index contributed by atoms with van der Waals surface area (Å²) in [5, 5.41) is 3.79. The van der Waals surface area contributed by atoms with Crippen molar-refractivity contribution >= 4 is 0 Å². The van der Waals surface area contributed by atoms with Gasteiger partial charge in [0, 0.05) is 19.4 Å². The van der Waals surface area contributed by atoms with Gasteiger partial charge in [-0.25, -0.2) is 4.79 Å². The van der Waals surface area contributed by atoms with E-state index in [9.17, 15) is 4.79 Å². The Kier molecular flexibility index (Phi) is 2.62. The first-order valence-electron chi connectivity index (χ1n) is 5.21. The molecule has 0 amide bonds. The molecule has 0 atom stereocenters. The molecule has 2 rings (SSSR count). The van der Waals surface area contributed by atoms with Crippen LogP contribution in [-0.2, 0) is 19.1 Å². The van der Waals surface area contributed by atoms with Gasteiger partial charge in [0.2, 0.25) is 5.89 Å². The van der Waals surface area contributed by atoms with Crippen LogP contribution in [-0.4, -0.2) is 19.3 Å². The molecular formula is C10H15N5O2. The molecule has 2 heterocycles. The van der Waals surface area contributed by atoms with Crippen LogP contribution in [0, 0.1) is 0 Å². The second-order valence-corrected chi connectivity index (χ2v) is 4.55. The molecule has 0 saturated carbocycles. The van der Waals surface area contributed by atoms with Gasteiger partial charge in [0.25, 0.3) is 0 Å². The Labute approximate surface area is 97.8 Å². The van der Waals surface area contributed by atoms with Crippen molar-refractivity contribution in [1.82, 2.24) is 19.3 Å². The Balaban J connectivity index is 2.23. The van der Waals surface area contributed by atoms with Crippen LogP contribution >= 0.6 is 0 Å². The minimum atomic E-state index is -0.649. The van der Waals surface area contributed by atoms with Crippen molar-refractivity contribution in [3.63, 3.8) is 0 Å². The lowest BCUT2D eigenvalue weighted by molar-refractivity contribution is 0.354. The van der Waals surface area contributed by atoms with E-state index in [1.807, 2.05) is 0 Å². The van der Waals surface area contributed by atoms with Crippen LogP contribution in [0.25, 0.3) is 0 Å². The second kappa shape index (κ2) is 3.85. The molecule has 0 aliphatic carbocycles. The molecule has 92 valence electrons. The molecule has 7 heteroatoms. The molecule has 0 aromatic carbocycles. The van der Waals surface area contributed by atoms with Crippen LogP contribution in [0.5, 0.6) is 0 Å². The first-order valence-corrected chi connectivity index (χ1v) is 5.21. The van der Waals surface area contributed by atoms with Gasteiger partial charge < -0.3 is 14.8 Å². The highest BCUT2D eigenvalue weighted by molar-refractivity contribution is 4.99. The molecule has 7 nitrogen and oxygen atoms in total. The van der Waals surface area contributed by atoms with Crippen molar-refractivity contribution in [3.05, 3.63) is 34.6 Å². The van der Waals surface area contributed by atoms with Gasteiger partial charge in [0.15, 0.2) is 5.82 Å². The van der Waals surface area contributed by atoms with Crippen LogP contribution in [0.2, 0.25) is 0 Å². The van der Waals surface area contributed by atoms with E-state index >= 15 is 0 Å². The van der Waals surface area contributed by atoms with E-state index in [0.717, 1.165) is 0 Å². The summed E-state index contributed by atoms with van der Waals surface area (Å²) in [6.45, 7) is 3.83. The van der Waals surface area contributed by atoms with E-state index in [1.54, 1.807) is 33.3 Å². The minimum Gasteiger partial charge on any atom is -0.337 e. The van der Waals surface area contributed by atoms with Crippen LogP contribution in [0.4, 0.5) is 0 Å². The lowest BCUT2D eigenvalue weighted by Crippen LogP contribution is -2.30. The Morgan fingerprint density at radius 3 is 2.65 bits per heavy atom. The highest BCUT2D eigenvalue weighted by atomic mass is 16.5. The third-order valence-corrected chi connectivity index (χ3v) is 2.37. The SMILES string of the molecule is Cn1ccn(Cc2nc(C(C)(C)N)no2)c1=O. The van der Waals surface area contributed by atoms with Gasteiger partial charge in [0.1, 0.15) is 6.54 Å². The number of hydrogen-bond donors (Lipinski definition) is 1. The van der Waals surface area contributed by atoms with Gasteiger partial charge in [-0.2, -0.15) is 4.98 Å². The van der Waals surface area contributed by atoms with Crippen molar-refractivity contribution in [2.75, 3.05) is 0 Å². The van der Waals surface area contributed by atoms with Gasteiger partial charge >= 0.3 is 5.69 Å². The van der Waals surface area contributed by atoms with E-state index in [4.69, 9.17) is 10.3 Å². The molecule has 0 spiro atoms. The quantitative estimate of drug-likeness (QED) is 0.799. The third kappa shape index (κ3) is 2.28. The smallest absolute Gasteiger partial charge is 0.328 e. The molecule has 0 unspecified atom stereocenters. The maximum atomic E-state index is 11.6. The molecule has 2 N–H and O–H groups in total. The number of aromatic nitrogens is 4. The average molecular weight is 237 g/mol. The first-order chi connectivity index (χ1) is 7.88. The summed E-state index contributed by atoms with van der Waals surface area (Å²) in [6.07, 6.45) is 3.34. The lowest BCUT2D eigenvalue weighted by Gasteiger charge is -2.11. The standard InChI is InChI=1S/C10H15N5O2/c1-10(2,11)8-12-7(17-13-8)6-15-5-4-14(3)9(15)16/h4-5H,6,11H2,1-3H3. The molecule has 0 fully saturated rings. The van der Waals surface area contributed by atoms with E-state index in [-0.39, 0.29) is 12.2 Å². The number of nitrogens with two attached hydrogens (primary N) is 1. The molecule has 0 bridgehead atoms. The zero-order valence-corrected chi connectivity index (χ0v) is 10.0. The zero-order valence-electron chi connectivity index (χ0n) is 10.0. The predicted octanol–water partition coefficient (Wildman–Crippen LogP) is -0.188. The molecule has 2 aromatic rings. The number of imidazole rings is 1. The Bertz CT molecular complexity index is 572. The minimum absolute atomic E-state index is 0.128. The molecule has 0 saturated heterocycles. The molecule has 17 heavy (non-hydrogen) atoms. The molecule has 0 radical (unpaired) electrons. The van der Waals surface area contributed by atoms with Crippen LogP contribution in [0.3, 0.4) is 0 Å².